The minimum atomic E-state index is -0.319. The fraction of sp³-hybridized carbons (Fsp3) is 0.192. The van der Waals surface area contributed by atoms with Crippen LogP contribution in [0.15, 0.2) is 79.0 Å². The molecule has 1 atom stereocenters. The Labute approximate surface area is 190 Å². The van der Waals surface area contributed by atoms with Gasteiger partial charge in [0, 0.05) is 24.8 Å². The van der Waals surface area contributed by atoms with Gasteiger partial charge in [-0.15, -0.1) is 0 Å². The molecule has 6 nitrogen and oxygen atoms in total. The molecule has 0 bridgehead atoms. The number of hydrogen-bond donors (Lipinski definition) is 1. The number of halogens is 1. The normalized spacial score (nSPS) is 15.7. The van der Waals surface area contributed by atoms with Crippen molar-refractivity contribution in [3.8, 4) is 0 Å². The van der Waals surface area contributed by atoms with E-state index in [1.54, 1.807) is 12.1 Å². The number of nitrogens with one attached hydrogen (secondary N) is 1. The summed E-state index contributed by atoms with van der Waals surface area (Å²) in [6.07, 6.45) is 3.53. The molecule has 0 spiro atoms. The second-order valence-corrected chi connectivity index (χ2v) is 8.11. The summed E-state index contributed by atoms with van der Waals surface area (Å²) in [6, 6.07) is 20.6. The Morgan fingerprint density at radius 1 is 1.00 bits per heavy atom. The number of carbonyl (C=O) groups is 2. The molecule has 2 aromatic heterocycles. The van der Waals surface area contributed by atoms with E-state index in [1.807, 2.05) is 64.0 Å². The Morgan fingerprint density at radius 3 is 2.55 bits per heavy atom. The maximum atomic E-state index is 13.2. The number of pyridine rings is 1. The second kappa shape index (κ2) is 8.86. The van der Waals surface area contributed by atoms with Gasteiger partial charge in [0.05, 0.1) is 11.6 Å². The average molecular weight is 442 g/mol. The zero-order valence-corrected chi connectivity index (χ0v) is 17.9. The Balaban J connectivity index is 1.44. The van der Waals surface area contributed by atoms with Gasteiger partial charge in [0.15, 0.2) is 5.69 Å². The lowest BCUT2D eigenvalue weighted by Crippen LogP contribution is -2.31. The molecule has 5 rings (SSSR count). The zero-order chi connectivity index (χ0) is 22.8. The van der Waals surface area contributed by atoms with Crippen LogP contribution in [0.4, 0.5) is 4.39 Å². The second-order valence-electron chi connectivity index (χ2n) is 8.11. The number of amides is 2. The molecule has 7 heteroatoms. The molecular formula is C26H23FN4O2. The lowest BCUT2D eigenvalue weighted by molar-refractivity contribution is 0.0729. The predicted molar refractivity (Wildman–Crippen MR) is 122 cm³/mol. The van der Waals surface area contributed by atoms with Crippen molar-refractivity contribution in [1.29, 1.82) is 0 Å². The Morgan fingerprint density at radius 2 is 1.76 bits per heavy atom. The van der Waals surface area contributed by atoms with Crippen molar-refractivity contribution in [2.45, 2.75) is 25.4 Å². The van der Waals surface area contributed by atoms with Crippen molar-refractivity contribution in [2.75, 3.05) is 6.54 Å². The van der Waals surface area contributed by atoms with Crippen LogP contribution in [0.1, 0.15) is 51.1 Å². The van der Waals surface area contributed by atoms with E-state index in [4.69, 9.17) is 4.98 Å². The van der Waals surface area contributed by atoms with E-state index in [0.717, 1.165) is 18.4 Å². The quantitative estimate of drug-likeness (QED) is 0.499. The van der Waals surface area contributed by atoms with Crippen LogP contribution >= 0.6 is 0 Å². The monoisotopic (exact) mass is 442 g/mol. The summed E-state index contributed by atoms with van der Waals surface area (Å²) in [5.74, 6) is 0.0154. The highest BCUT2D eigenvalue weighted by Crippen LogP contribution is 2.33. The molecule has 2 amide bonds. The van der Waals surface area contributed by atoms with E-state index in [-0.39, 0.29) is 30.2 Å². The van der Waals surface area contributed by atoms with E-state index in [1.165, 1.54) is 12.1 Å². The molecule has 1 aliphatic heterocycles. The van der Waals surface area contributed by atoms with Gasteiger partial charge in [0.25, 0.3) is 11.8 Å². The molecule has 1 N–H and O–H groups in total. The fourth-order valence-corrected chi connectivity index (χ4v) is 4.36. The first-order chi connectivity index (χ1) is 16.1. The highest BCUT2D eigenvalue weighted by molar-refractivity contribution is 5.99. The third kappa shape index (κ3) is 4.09. The van der Waals surface area contributed by atoms with Crippen LogP contribution in [0.5, 0.6) is 0 Å². The van der Waals surface area contributed by atoms with Crippen LogP contribution in [0.2, 0.25) is 0 Å². The largest absolute Gasteiger partial charge is 0.347 e. The first-order valence-electron chi connectivity index (χ1n) is 11.0. The molecule has 0 unspecified atom stereocenters. The summed E-state index contributed by atoms with van der Waals surface area (Å²) in [5.41, 5.74) is 2.43. The molecule has 33 heavy (non-hydrogen) atoms. The van der Waals surface area contributed by atoms with Gasteiger partial charge in [0.1, 0.15) is 11.6 Å². The molecule has 0 aliphatic carbocycles. The van der Waals surface area contributed by atoms with Gasteiger partial charge in [-0.25, -0.2) is 9.37 Å². The van der Waals surface area contributed by atoms with Crippen LogP contribution in [0, 0.1) is 5.82 Å². The third-order valence-electron chi connectivity index (χ3n) is 5.99. The Hall–Kier alpha value is -4.00. The first-order valence-corrected chi connectivity index (χ1v) is 11.0. The van der Waals surface area contributed by atoms with E-state index in [2.05, 4.69) is 5.32 Å². The summed E-state index contributed by atoms with van der Waals surface area (Å²) in [6.45, 7) is 0.911. The van der Waals surface area contributed by atoms with Crippen LogP contribution in [-0.2, 0) is 6.54 Å². The molecule has 2 aromatic carbocycles. The Bertz CT molecular complexity index is 1300. The molecule has 1 fully saturated rings. The molecule has 1 aliphatic rings. The molecule has 0 saturated carbocycles. The number of carbonyl (C=O) groups excluding carboxylic acids is 2. The van der Waals surface area contributed by atoms with E-state index in [9.17, 15) is 14.0 Å². The van der Waals surface area contributed by atoms with Gasteiger partial charge >= 0.3 is 0 Å². The molecule has 4 aromatic rings. The van der Waals surface area contributed by atoms with E-state index >= 15 is 0 Å². The summed E-state index contributed by atoms with van der Waals surface area (Å²) in [5, 5.41) is 2.87. The van der Waals surface area contributed by atoms with Crippen molar-refractivity contribution < 1.29 is 14.0 Å². The maximum Gasteiger partial charge on any atom is 0.272 e. The summed E-state index contributed by atoms with van der Waals surface area (Å²) >= 11 is 0. The van der Waals surface area contributed by atoms with E-state index < -0.39 is 0 Å². The Kier molecular flexibility index (Phi) is 5.60. The van der Waals surface area contributed by atoms with Gasteiger partial charge in [0.2, 0.25) is 0 Å². The van der Waals surface area contributed by atoms with Crippen molar-refractivity contribution in [2.24, 2.45) is 0 Å². The van der Waals surface area contributed by atoms with Gasteiger partial charge in [-0.05, 0) is 54.8 Å². The molecule has 0 radical (unpaired) electrons. The average Bonchev–Trinajstić information content (AvgIpc) is 3.48. The molecule has 3 heterocycles. The topological polar surface area (TPSA) is 66.7 Å². The number of imidazole rings is 1. The number of hydrogen-bond acceptors (Lipinski definition) is 3. The number of nitrogens with zero attached hydrogens (tertiary/aromatic N) is 3. The summed E-state index contributed by atoms with van der Waals surface area (Å²) in [4.78, 5) is 32.8. The molecule has 1 saturated heterocycles. The summed E-state index contributed by atoms with van der Waals surface area (Å²) in [7, 11) is 0. The smallest absolute Gasteiger partial charge is 0.272 e. The van der Waals surface area contributed by atoms with Gasteiger partial charge in [-0.2, -0.15) is 0 Å². The third-order valence-corrected chi connectivity index (χ3v) is 5.99. The van der Waals surface area contributed by atoms with Crippen molar-refractivity contribution in [3.63, 3.8) is 0 Å². The van der Waals surface area contributed by atoms with Crippen LogP contribution in [-0.4, -0.2) is 32.6 Å². The molecular weight excluding hydrogens is 419 g/mol. The minimum Gasteiger partial charge on any atom is -0.347 e. The van der Waals surface area contributed by atoms with Crippen molar-refractivity contribution in [3.05, 3.63) is 107 Å². The number of likely N-dealkylation sites (tertiary alicyclic amines) is 1. The zero-order valence-electron chi connectivity index (χ0n) is 17.9. The minimum absolute atomic E-state index is 0.0342. The number of rotatable bonds is 5. The van der Waals surface area contributed by atoms with Crippen molar-refractivity contribution >= 4 is 17.3 Å². The number of benzene rings is 2. The highest BCUT2D eigenvalue weighted by Gasteiger charge is 2.34. The van der Waals surface area contributed by atoms with Crippen LogP contribution in [0.3, 0.4) is 0 Å². The van der Waals surface area contributed by atoms with Crippen LogP contribution < -0.4 is 5.32 Å². The predicted octanol–water partition coefficient (Wildman–Crippen LogP) is 4.38. The summed E-state index contributed by atoms with van der Waals surface area (Å²) < 4.78 is 15.0. The first kappa shape index (κ1) is 20.9. The van der Waals surface area contributed by atoms with Crippen molar-refractivity contribution in [1.82, 2.24) is 19.6 Å². The molecule has 166 valence electrons. The maximum absolute atomic E-state index is 13.2. The lowest BCUT2D eigenvalue weighted by Gasteiger charge is -2.24. The fourth-order valence-electron chi connectivity index (χ4n) is 4.36. The van der Waals surface area contributed by atoms with E-state index in [0.29, 0.717) is 29.1 Å². The van der Waals surface area contributed by atoms with Crippen LogP contribution in [0.25, 0.3) is 5.52 Å². The number of aromatic nitrogens is 2. The van der Waals surface area contributed by atoms with Gasteiger partial charge in [-0.1, -0.05) is 36.4 Å². The van der Waals surface area contributed by atoms with Gasteiger partial charge in [-0.3, -0.25) is 9.59 Å². The standard InChI is InChI=1S/C26H23FN4O2/c27-20-13-11-18(12-14-20)17-28-25(32)23-21-9-4-5-15-30(21)24(29-23)22-10-6-16-31(22)26(33)19-7-2-1-3-8-19/h1-5,7-9,11-15,22H,6,10,16-17H2,(H,28,32)/t22-/m0/s1. The van der Waals surface area contributed by atoms with Gasteiger partial charge < -0.3 is 14.6 Å². The number of fused-ring (bicyclic) bond motifs is 1. The lowest BCUT2D eigenvalue weighted by atomic mass is 10.1. The highest BCUT2D eigenvalue weighted by atomic mass is 19.1. The SMILES string of the molecule is O=C(NCc1ccc(F)cc1)c1nc([C@@H]2CCCN2C(=O)c2ccccc2)n2ccccc12.